The van der Waals surface area contributed by atoms with Crippen molar-refractivity contribution in [3.8, 4) is 11.5 Å². The van der Waals surface area contributed by atoms with Crippen LogP contribution in [0.15, 0.2) is 42.5 Å². The standard InChI is InChI=1S/C17H15ClN2O/c1-10-11(2)20-15-8-7-12(9-13(15)17(10)19)21-16-6-4-3-5-14(16)18/h3-9H,1-2H3,(H2,19,20). The molecule has 0 aliphatic heterocycles. The van der Waals surface area contributed by atoms with Crippen molar-refractivity contribution in [2.75, 3.05) is 5.73 Å². The average molecular weight is 299 g/mol. The SMILES string of the molecule is Cc1nc2ccc(Oc3ccccc3Cl)cc2c(N)c1C. The predicted octanol–water partition coefficient (Wildman–Crippen LogP) is 4.88. The number of hydrogen-bond donors (Lipinski definition) is 1. The molecule has 3 nitrogen and oxygen atoms in total. The first kappa shape index (κ1) is 13.7. The molecule has 0 unspecified atom stereocenters. The largest absolute Gasteiger partial charge is 0.456 e. The lowest BCUT2D eigenvalue weighted by Gasteiger charge is -2.11. The Morgan fingerprint density at radius 1 is 1.10 bits per heavy atom. The molecule has 1 heterocycles. The van der Waals surface area contributed by atoms with E-state index in [1.807, 2.05) is 50.2 Å². The quantitative estimate of drug-likeness (QED) is 0.733. The summed E-state index contributed by atoms with van der Waals surface area (Å²) < 4.78 is 5.83. The van der Waals surface area contributed by atoms with Crippen LogP contribution in [-0.4, -0.2) is 4.98 Å². The monoisotopic (exact) mass is 298 g/mol. The molecule has 21 heavy (non-hydrogen) atoms. The lowest BCUT2D eigenvalue weighted by molar-refractivity contribution is 0.483. The van der Waals surface area contributed by atoms with Crippen LogP contribution < -0.4 is 10.5 Å². The highest BCUT2D eigenvalue weighted by Crippen LogP contribution is 2.33. The molecule has 2 aromatic carbocycles. The first-order valence-electron chi connectivity index (χ1n) is 6.65. The van der Waals surface area contributed by atoms with E-state index in [0.29, 0.717) is 16.5 Å². The van der Waals surface area contributed by atoms with Crippen LogP contribution in [0.1, 0.15) is 11.3 Å². The van der Waals surface area contributed by atoms with Crippen LogP contribution in [0, 0.1) is 13.8 Å². The molecule has 0 spiro atoms. The van der Waals surface area contributed by atoms with Crippen LogP contribution in [0.2, 0.25) is 5.02 Å². The highest BCUT2D eigenvalue weighted by atomic mass is 35.5. The minimum Gasteiger partial charge on any atom is -0.456 e. The van der Waals surface area contributed by atoms with Gasteiger partial charge in [-0.25, -0.2) is 0 Å². The summed E-state index contributed by atoms with van der Waals surface area (Å²) in [6, 6.07) is 13.0. The number of benzene rings is 2. The summed E-state index contributed by atoms with van der Waals surface area (Å²) in [5, 5.41) is 1.46. The van der Waals surface area contributed by atoms with Gasteiger partial charge in [-0.2, -0.15) is 0 Å². The third-order valence-electron chi connectivity index (χ3n) is 3.56. The van der Waals surface area contributed by atoms with Crippen LogP contribution in [0.3, 0.4) is 0 Å². The summed E-state index contributed by atoms with van der Waals surface area (Å²) in [4.78, 5) is 4.54. The number of fused-ring (bicyclic) bond motifs is 1. The zero-order valence-corrected chi connectivity index (χ0v) is 12.6. The lowest BCUT2D eigenvalue weighted by Crippen LogP contribution is -1.97. The molecule has 106 valence electrons. The zero-order chi connectivity index (χ0) is 15.0. The Morgan fingerprint density at radius 2 is 1.86 bits per heavy atom. The summed E-state index contributed by atoms with van der Waals surface area (Å²) in [6.07, 6.45) is 0. The normalized spacial score (nSPS) is 10.8. The van der Waals surface area contributed by atoms with Gasteiger partial charge in [0.2, 0.25) is 0 Å². The molecule has 2 N–H and O–H groups in total. The van der Waals surface area contributed by atoms with E-state index in [9.17, 15) is 0 Å². The molecule has 0 aliphatic carbocycles. The van der Waals surface area contributed by atoms with Crippen LogP contribution in [0.5, 0.6) is 11.5 Å². The van der Waals surface area contributed by atoms with Crippen molar-refractivity contribution >= 4 is 28.2 Å². The van der Waals surface area contributed by atoms with E-state index in [-0.39, 0.29) is 0 Å². The van der Waals surface area contributed by atoms with Gasteiger partial charge in [0.05, 0.1) is 10.5 Å². The fraction of sp³-hybridized carbons (Fsp3) is 0.118. The van der Waals surface area contributed by atoms with Gasteiger partial charge in [0.25, 0.3) is 0 Å². The number of nitrogens with two attached hydrogens (primary N) is 1. The van der Waals surface area contributed by atoms with Crippen molar-refractivity contribution in [2.45, 2.75) is 13.8 Å². The number of halogens is 1. The number of anilines is 1. The van der Waals surface area contributed by atoms with Gasteiger partial charge in [-0.3, -0.25) is 4.98 Å². The van der Waals surface area contributed by atoms with E-state index < -0.39 is 0 Å². The second-order valence-corrected chi connectivity index (χ2v) is 5.35. The van der Waals surface area contributed by atoms with E-state index in [1.165, 1.54) is 0 Å². The summed E-state index contributed by atoms with van der Waals surface area (Å²) in [5.41, 5.74) is 9.73. The average Bonchev–Trinajstić information content (AvgIpc) is 2.48. The van der Waals surface area contributed by atoms with Gasteiger partial charge in [-0.15, -0.1) is 0 Å². The Morgan fingerprint density at radius 3 is 2.62 bits per heavy atom. The predicted molar refractivity (Wildman–Crippen MR) is 87.2 cm³/mol. The van der Waals surface area contributed by atoms with Gasteiger partial charge in [0.15, 0.2) is 0 Å². The molecule has 0 radical (unpaired) electrons. The number of para-hydroxylation sites is 1. The number of pyridine rings is 1. The van der Waals surface area contributed by atoms with Gasteiger partial charge in [0, 0.05) is 16.8 Å². The molecule has 0 bridgehead atoms. The Kier molecular flexibility index (Phi) is 3.43. The van der Waals surface area contributed by atoms with E-state index in [2.05, 4.69) is 4.98 Å². The molecule has 0 atom stereocenters. The molecule has 4 heteroatoms. The maximum absolute atomic E-state index is 6.19. The molecule has 3 aromatic rings. The summed E-state index contributed by atoms with van der Waals surface area (Å²) in [6.45, 7) is 3.93. The first-order valence-corrected chi connectivity index (χ1v) is 7.03. The summed E-state index contributed by atoms with van der Waals surface area (Å²) in [5.74, 6) is 1.31. The van der Waals surface area contributed by atoms with Crippen molar-refractivity contribution in [1.82, 2.24) is 4.98 Å². The van der Waals surface area contributed by atoms with Gasteiger partial charge in [-0.1, -0.05) is 23.7 Å². The molecule has 0 saturated heterocycles. The van der Waals surface area contributed by atoms with Crippen LogP contribution in [0.4, 0.5) is 5.69 Å². The molecule has 0 amide bonds. The van der Waals surface area contributed by atoms with E-state index in [0.717, 1.165) is 27.8 Å². The maximum Gasteiger partial charge on any atom is 0.146 e. The van der Waals surface area contributed by atoms with E-state index >= 15 is 0 Å². The van der Waals surface area contributed by atoms with Crippen molar-refractivity contribution in [1.29, 1.82) is 0 Å². The van der Waals surface area contributed by atoms with Crippen LogP contribution >= 0.6 is 11.6 Å². The first-order chi connectivity index (χ1) is 10.1. The van der Waals surface area contributed by atoms with Crippen molar-refractivity contribution in [3.63, 3.8) is 0 Å². The lowest BCUT2D eigenvalue weighted by atomic mass is 10.1. The van der Waals surface area contributed by atoms with E-state index in [1.54, 1.807) is 6.07 Å². The Labute approximate surface area is 128 Å². The highest BCUT2D eigenvalue weighted by Gasteiger charge is 2.09. The molecular weight excluding hydrogens is 284 g/mol. The third kappa shape index (κ3) is 2.52. The zero-order valence-electron chi connectivity index (χ0n) is 11.9. The number of aromatic nitrogens is 1. The van der Waals surface area contributed by atoms with E-state index in [4.69, 9.17) is 22.1 Å². The molecule has 1 aromatic heterocycles. The molecule has 3 rings (SSSR count). The number of ether oxygens (including phenoxy) is 1. The Bertz CT molecular complexity index is 830. The fourth-order valence-electron chi connectivity index (χ4n) is 2.21. The minimum absolute atomic E-state index is 0.573. The van der Waals surface area contributed by atoms with Gasteiger partial charge >= 0.3 is 0 Å². The Balaban J connectivity index is 2.07. The fourth-order valence-corrected chi connectivity index (χ4v) is 2.38. The smallest absolute Gasteiger partial charge is 0.146 e. The van der Waals surface area contributed by atoms with Crippen molar-refractivity contribution in [3.05, 3.63) is 58.7 Å². The summed E-state index contributed by atoms with van der Waals surface area (Å²) in [7, 11) is 0. The number of nitrogens with zero attached hydrogens (tertiary/aromatic N) is 1. The van der Waals surface area contributed by atoms with Gasteiger partial charge in [-0.05, 0) is 49.7 Å². The topological polar surface area (TPSA) is 48.1 Å². The third-order valence-corrected chi connectivity index (χ3v) is 3.87. The molecular formula is C17H15ClN2O. The molecule has 0 fully saturated rings. The van der Waals surface area contributed by atoms with Crippen LogP contribution in [-0.2, 0) is 0 Å². The van der Waals surface area contributed by atoms with Gasteiger partial charge in [0.1, 0.15) is 11.5 Å². The second kappa shape index (κ2) is 5.26. The second-order valence-electron chi connectivity index (χ2n) is 4.95. The number of rotatable bonds is 2. The van der Waals surface area contributed by atoms with Crippen LogP contribution in [0.25, 0.3) is 10.9 Å². The molecule has 0 aliphatic rings. The minimum atomic E-state index is 0.573. The maximum atomic E-state index is 6.19. The van der Waals surface area contributed by atoms with Gasteiger partial charge < -0.3 is 10.5 Å². The van der Waals surface area contributed by atoms with Crippen molar-refractivity contribution < 1.29 is 4.74 Å². The van der Waals surface area contributed by atoms with Crippen molar-refractivity contribution in [2.24, 2.45) is 0 Å². The molecule has 0 saturated carbocycles. The number of nitrogen functional groups attached to an aromatic ring is 1. The highest BCUT2D eigenvalue weighted by molar-refractivity contribution is 6.32. The number of aryl methyl sites for hydroxylation is 1. The number of hydrogen-bond acceptors (Lipinski definition) is 3. The Hall–Kier alpha value is -2.26. The summed E-state index contributed by atoms with van der Waals surface area (Å²) >= 11 is 6.11.